The molecule has 0 N–H and O–H groups in total. The Balaban J connectivity index is 2.90. The molecule has 6 heteroatoms. The van der Waals surface area contributed by atoms with Crippen molar-refractivity contribution in [1.82, 2.24) is 20.0 Å². The molecule has 2 rings (SSSR count). The number of fused-ring (bicyclic) bond motifs is 1. The second kappa shape index (κ2) is 2.57. The van der Waals surface area contributed by atoms with Gasteiger partial charge in [0.2, 0.25) is 0 Å². The second-order valence-electron chi connectivity index (χ2n) is 2.32. The van der Waals surface area contributed by atoms with Crippen molar-refractivity contribution in [1.29, 1.82) is 0 Å². The normalized spacial score (nSPS) is 10.9. The van der Waals surface area contributed by atoms with Crippen LogP contribution in [0, 0.1) is 0 Å². The first-order valence-corrected chi connectivity index (χ1v) is 3.95. The molecule has 2 aromatic heterocycles. The lowest BCUT2D eigenvalue weighted by Crippen LogP contribution is -1.90. The van der Waals surface area contributed by atoms with Crippen LogP contribution in [0.3, 0.4) is 0 Å². The van der Waals surface area contributed by atoms with Crippen LogP contribution < -0.4 is 0 Å². The molecule has 0 atom stereocenters. The zero-order valence-electron chi connectivity index (χ0n) is 6.12. The van der Waals surface area contributed by atoms with E-state index in [2.05, 4.69) is 15.3 Å². The van der Waals surface area contributed by atoms with Crippen LogP contribution in [0.4, 0.5) is 0 Å². The number of hydrogen-bond donors (Lipinski definition) is 0. The Morgan fingerprint density at radius 2 is 2.08 bits per heavy atom. The molecule has 12 heavy (non-hydrogen) atoms. The van der Waals surface area contributed by atoms with E-state index in [0.29, 0.717) is 15.8 Å². The van der Waals surface area contributed by atoms with Crippen molar-refractivity contribution in [2.24, 2.45) is 7.05 Å². The summed E-state index contributed by atoms with van der Waals surface area (Å²) in [6.45, 7) is 0. The summed E-state index contributed by atoms with van der Waals surface area (Å²) >= 11 is 11.4. The molecule has 0 saturated heterocycles. The smallest absolute Gasteiger partial charge is 0.179 e. The van der Waals surface area contributed by atoms with E-state index in [1.165, 1.54) is 0 Å². The topological polar surface area (TPSA) is 43.6 Å². The first-order chi connectivity index (χ1) is 5.68. The quantitative estimate of drug-likeness (QED) is 0.653. The summed E-state index contributed by atoms with van der Waals surface area (Å²) in [5, 5.41) is 12.1. The monoisotopic (exact) mass is 202 g/mol. The van der Waals surface area contributed by atoms with Gasteiger partial charge < -0.3 is 0 Å². The van der Waals surface area contributed by atoms with E-state index in [-0.39, 0.29) is 0 Å². The van der Waals surface area contributed by atoms with E-state index in [1.54, 1.807) is 17.8 Å². The van der Waals surface area contributed by atoms with Crippen molar-refractivity contribution in [2.75, 3.05) is 0 Å². The van der Waals surface area contributed by atoms with E-state index >= 15 is 0 Å². The van der Waals surface area contributed by atoms with E-state index in [1.807, 2.05) is 0 Å². The summed E-state index contributed by atoms with van der Waals surface area (Å²) in [4.78, 5) is 0. The lowest BCUT2D eigenvalue weighted by atomic mass is 10.4. The number of halogens is 2. The van der Waals surface area contributed by atoms with Gasteiger partial charge in [-0.1, -0.05) is 23.2 Å². The van der Waals surface area contributed by atoms with Crippen molar-refractivity contribution in [3.63, 3.8) is 0 Å². The molecule has 0 saturated carbocycles. The molecule has 62 valence electrons. The van der Waals surface area contributed by atoms with Gasteiger partial charge in [-0.25, -0.2) is 0 Å². The maximum Gasteiger partial charge on any atom is 0.179 e. The van der Waals surface area contributed by atoms with Gasteiger partial charge in [0.1, 0.15) is 0 Å². The predicted molar refractivity (Wildman–Crippen MR) is 46.3 cm³/mol. The zero-order chi connectivity index (χ0) is 8.72. The average molecular weight is 203 g/mol. The van der Waals surface area contributed by atoms with E-state index < -0.39 is 0 Å². The Morgan fingerprint density at radius 1 is 1.33 bits per heavy atom. The molecule has 0 amide bonds. The molecule has 0 aromatic carbocycles. The third kappa shape index (κ3) is 1.04. The largest absolute Gasteiger partial charge is 0.265 e. The Morgan fingerprint density at radius 3 is 2.83 bits per heavy atom. The van der Waals surface area contributed by atoms with Gasteiger partial charge in [0, 0.05) is 13.1 Å². The summed E-state index contributed by atoms with van der Waals surface area (Å²) in [5.74, 6) is 0. The third-order valence-corrected chi connectivity index (χ3v) is 1.97. The number of aromatic nitrogens is 4. The fourth-order valence-electron chi connectivity index (χ4n) is 0.986. The molecule has 0 radical (unpaired) electrons. The Hall–Kier alpha value is -0.870. The van der Waals surface area contributed by atoms with Crippen LogP contribution in [-0.2, 0) is 7.05 Å². The van der Waals surface area contributed by atoms with Gasteiger partial charge >= 0.3 is 0 Å². The van der Waals surface area contributed by atoms with E-state index in [4.69, 9.17) is 23.2 Å². The lowest BCUT2D eigenvalue weighted by Gasteiger charge is -1.91. The van der Waals surface area contributed by atoms with Crippen LogP contribution in [0.1, 0.15) is 0 Å². The van der Waals surface area contributed by atoms with Crippen LogP contribution in [0.25, 0.3) is 11.0 Å². The van der Waals surface area contributed by atoms with Crippen molar-refractivity contribution in [3.8, 4) is 0 Å². The number of rotatable bonds is 0. The van der Waals surface area contributed by atoms with Gasteiger partial charge in [-0.2, -0.15) is 5.10 Å². The van der Waals surface area contributed by atoms with Crippen molar-refractivity contribution in [3.05, 3.63) is 16.4 Å². The van der Waals surface area contributed by atoms with Gasteiger partial charge in [0.15, 0.2) is 15.8 Å². The summed E-state index contributed by atoms with van der Waals surface area (Å²) in [7, 11) is 1.77. The summed E-state index contributed by atoms with van der Waals surface area (Å²) in [6, 6.07) is 1.67. The summed E-state index contributed by atoms with van der Waals surface area (Å²) < 4.78 is 1.61. The van der Waals surface area contributed by atoms with E-state index in [0.717, 1.165) is 5.52 Å². The molecule has 2 aromatic rings. The molecule has 0 aliphatic rings. The minimum atomic E-state index is 0.335. The third-order valence-electron chi connectivity index (χ3n) is 1.53. The summed E-state index contributed by atoms with van der Waals surface area (Å²) in [6.07, 6.45) is 0. The average Bonchev–Trinajstić information content (AvgIpc) is 2.28. The molecule has 4 nitrogen and oxygen atoms in total. The Kier molecular flexibility index (Phi) is 1.66. The highest BCUT2D eigenvalue weighted by atomic mass is 35.5. The molecule has 2 heterocycles. The molecule has 0 aliphatic carbocycles. The van der Waals surface area contributed by atoms with Crippen LogP contribution in [0.5, 0.6) is 0 Å². The fourth-order valence-corrected chi connectivity index (χ4v) is 1.37. The van der Waals surface area contributed by atoms with Crippen LogP contribution in [-0.4, -0.2) is 20.0 Å². The Labute approximate surface area is 78.1 Å². The maximum absolute atomic E-state index is 5.75. The van der Waals surface area contributed by atoms with Crippen molar-refractivity contribution < 1.29 is 0 Å². The first kappa shape index (κ1) is 7.76. The predicted octanol–water partition coefficient (Wildman–Crippen LogP) is 1.67. The lowest BCUT2D eigenvalue weighted by molar-refractivity contribution is 0.797. The highest BCUT2D eigenvalue weighted by Crippen LogP contribution is 2.20. The molecular formula is C6H4Cl2N4. The molecule has 0 unspecified atom stereocenters. The molecule has 0 spiro atoms. The second-order valence-corrected chi connectivity index (χ2v) is 3.06. The van der Waals surface area contributed by atoms with Gasteiger partial charge in [0.25, 0.3) is 0 Å². The molecule has 0 aliphatic heterocycles. The van der Waals surface area contributed by atoms with Crippen LogP contribution >= 0.6 is 23.2 Å². The minimum absolute atomic E-state index is 0.335. The fraction of sp³-hybridized carbons (Fsp3) is 0.167. The minimum Gasteiger partial charge on any atom is -0.265 e. The maximum atomic E-state index is 5.75. The number of nitrogens with zero attached hydrogens (tertiary/aromatic N) is 4. The molecule has 0 fully saturated rings. The number of hydrogen-bond acceptors (Lipinski definition) is 3. The van der Waals surface area contributed by atoms with Gasteiger partial charge in [-0.15, -0.1) is 10.2 Å². The SMILES string of the molecule is Cn1nc(Cl)c2nnc(Cl)cc21. The number of aryl methyl sites for hydroxylation is 1. The van der Waals surface area contributed by atoms with Crippen molar-refractivity contribution >= 4 is 34.2 Å². The Bertz CT molecular complexity index is 436. The zero-order valence-corrected chi connectivity index (χ0v) is 7.63. The standard InChI is InChI=1S/C6H4Cl2N4/c1-12-3-2-4(7)9-10-5(3)6(8)11-12/h2H,1H3. The molecular weight excluding hydrogens is 199 g/mol. The van der Waals surface area contributed by atoms with Gasteiger partial charge in [-0.3, -0.25) is 4.68 Å². The highest BCUT2D eigenvalue weighted by Gasteiger charge is 2.08. The van der Waals surface area contributed by atoms with E-state index in [9.17, 15) is 0 Å². The van der Waals surface area contributed by atoms with Crippen LogP contribution in [0.15, 0.2) is 6.07 Å². The van der Waals surface area contributed by atoms with Crippen molar-refractivity contribution in [2.45, 2.75) is 0 Å². The first-order valence-electron chi connectivity index (χ1n) is 3.20. The van der Waals surface area contributed by atoms with Gasteiger partial charge in [0.05, 0.1) is 5.52 Å². The van der Waals surface area contributed by atoms with Crippen LogP contribution in [0.2, 0.25) is 10.3 Å². The molecule has 0 bridgehead atoms. The highest BCUT2D eigenvalue weighted by molar-refractivity contribution is 6.34. The van der Waals surface area contributed by atoms with Gasteiger partial charge in [-0.05, 0) is 0 Å². The summed E-state index contributed by atoms with van der Waals surface area (Å²) in [5.41, 5.74) is 1.35.